The minimum absolute atomic E-state index is 0.0817. The van der Waals surface area contributed by atoms with Crippen molar-refractivity contribution in [1.29, 1.82) is 0 Å². The molecule has 0 radical (unpaired) electrons. The third kappa shape index (κ3) is 4.15. The Balaban J connectivity index is 1.50. The lowest BCUT2D eigenvalue weighted by Crippen LogP contribution is -2.40. The fourth-order valence-corrected chi connectivity index (χ4v) is 4.07. The van der Waals surface area contributed by atoms with Crippen molar-refractivity contribution in [3.63, 3.8) is 0 Å². The molecule has 2 atom stereocenters. The van der Waals surface area contributed by atoms with E-state index in [1.54, 1.807) is 24.3 Å². The van der Waals surface area contributed by atoms with Crippen LogP contribution in [0.2, 0.25) is 0 Å². The maximum absolute atomic E-state index is 12.6. The second-order valence-electron chi connectivity index (χ2n) is 7.50. The van der Waals surface area contributed by atoms with Crippen molar-refractivity contribution in [2.24, 2.45) is 0 Å². The number of hydrogen-bond acceptors (Lipinski definition) is 5. The van der Waals surface area contributed by atoms with Gasteiger partial charge in [-0.3, -0.25) is 0 Å². The molecule has 3 N–H and O–H groups in total. The van der Waals surface area contributed by atoms with Crippen LogP contribution >= 0.6 is 0 Å². The molecule has 32 heavy (non-hydrogen) atoms. The number of amides is 1. The summed E-state index contributed by atoms with van der Waals surface area (Å²) in [5, 5.41) is 21.9. The second-order valence-corrected chi connectivity index (χ2v) is 7.50. The predicted octanol–water partition coefficient (Wildman–Crippen LogP) is 3.72. The molecule has 0 heterocycles. The van der Waals surface area contributed by atoms with Crippen LogP contribution < -0.4 is 10.1 Å². The lowest BCUT2D eigenvalue weighted by Gasteiger charge is -2.22. The van der Waals surface area contributed by atoms with Gasteiger partial charge >= 0.3 is 12.1 Å². The fourth-order valence-electron chi connectivity index (χ4n) is 4.07. The van der Waals surface area contributed by atoms with Gasteiger partial charge in [-0.25, -0.2) is 9.59 Å². The van der Waals surface area contributed by atoms with Gasteiger partial charge in [0.15, 0.2) is 6.10 Å². The van der Waals surface area contributed by atoms with Gasteiger partial charge in [0.25, 0.3) is 0 Å². The van der Waals surface area contributed by atoms with Crippen molar-refractivity contribution in [2.45, 2.75) is 18.1 Å². The number of carbonyl (C=O) groups excluding carboxylic acids is 1. The fraction of sp³-hybridized carbons (Fsp3) is 0.200. The van der Waals surface area contributed by atoms with Crippen LogP contribution in [0.15, 0.2) is 72.8 Å². The van der Waals surface area contributed by atoms with Gasteiger partial charge < -0.3 is 25.0 Å². The number of ether oxygens (including phenoxy) is 2. The number of methoxy groups -OCH3 is 1. The van der Waals surface area contributed by atoms with Crippen molar-refractivity contribution < 1.29 is 29.3 Å². The summed E-state index contributed by atoms with van der Waals surface area (Å²) in [5.41, 5.74) is 4.76. The molecule has 1 aliphatic carbocycles. The Morgan fingerprint density at radius 1 is 0.938 bits per heavy atom. The summed E-state index contributed by atoms with van der Waals surface area (Å²) >= 11 is 0. The van der Waals surface area contributed by atoms with E-state index in [-0.39, 0.29) is 12.5 Å². The normalized spacial score (nSPS) is 14.1. The number of carboxylic acid groups (broad SMARTS) is 1. The van der Waals surface area contributed by atoms with Gasteiger partial charge in [-0.15, -0.1) is 0 Å². The highest BCUT2D eigenvalue weighted by Gasteiger charge is 2.32. The third-order valence-corrected chi connectivity index (χ3v) is 5.66. The number of rotatable bonds is 7. The molecule has 3 aromatic carbocycles. The van der Waals surface area contributed by atoms with Crippen LogP contribution in [0.3, 0.4) is 0 Å². The topological polar surface area (TPSA) is 105 Å². The van der Waals surface area contributed by atoms with Gasteiger partial charge in [-0.2, -0.15) is 0 Å². The van der Waals surface area contributed by atoms with E-state index in [0.717, 1.165) is 22.3 Å². The molecule has 164 valence electrons. The minimum Gasteiger partial charge on any atom is -0.497 e. The van der Waals surface area contributed by atoms with Gasteiger partial charge in [-0.05, 0) is 39.9 Å². The molecule has 0 saturated carbocycles. The number of aliphatic carboxylic acids is 1. The molecule has 1 aliphatic rings. The summed E-state index contributed by atoms with van der Waals surface area (Å²) < 4.78 is 10.6. The zero-order valence-corrected chi connectivity index (χ0v) is 17.4. The average Bonchev–Trinajstić information content (AvgIpc) is 3.14. The molecule has 7 nitrogen and oxygen atoms in total. The summed E-state index contributed by atoms with van der Waals surface area (Å²) in [6.45, 7) is 0.0817. The molecule has 7 heteroatoms. The van der Waals surface area contributed by atoms with Crippen molar-refractivity contribution in [2.75, 3.05) is 13.7 Å². The van der Waals surface area contributed by atoms with Gasteiger partial charge in [0.2, 0.25) is 0 Å². The van der Waals surface area contributed by atoms with Crippen LogP contribution in [0, 0.1) is 0 Å². The van der Waals surface area contributed by atoms with Crippen molar-refractivity contribution in [3.05, 3.63) is 89.5 Å². The molecule has 3 aromatic rings. The summed E-state index contributed by atoms with van der Waals surface area (Å²) in [7, 11) is 1.51. The number of benzene rings is 3. The highest BCUT2D eigenvalue weighted by atomic mass is 16.5. The standard InChI is InChI=1S/C25H23NO6/c1-31-16-12-10-15(11-13-16)22(23(27)24(28)29)26-25(30)32-14-21-19-8-4-2-6-17(19)18-7-3-5-9-20(18)21/h2-13,21-23,27H,14H2,1H3,(H,26,30)(H,28,29). The first-order valence-electron chi connectivity index (χ1n) is 10.2. The number of alkyl carbamates (subject to hydrolysis) is 1. The number of carbonyl (C=O) groups is 2. The first-order chi connectivity index (χ1) is 15.5. The first-order valence-corrected chi connectivity index (χ1v) is 10.2. The Hall–Kier alpha value is -3.84. The summed E-state index contributed by atoms with van der Waals surface area (Å²) in [6.07, 6.45) is -2.66. The maximum atomic E-state index is 12.6. The van der Waals surface area contributed by atoms with E-state index in [2.05, 4.69) is 5.32 Å². The van der Waals surface area contributed by atoms with Gasteiger partial charge in [0.05, 0.1) is 13.2 Å². The van der Waals surface area contributed by atoms with Crippen molar-refractivity contribution >= 4 is 12.1 Å². The predicted molar refractivity (Wildman–Crippen MR) is 118 cm³/mol. The van der Waals surface area contributed by atoms with Gasteiger partial charge in [-0.1, -0.05) is 60.7 Å². The smallest absolute Gasteiger partial charge is 0.407 e. The molecule has 0 saturated heterocycles. The van der Waals surface area contributed by atoms with Gasteiger partial charge in [0.1, 0.15) is 12.4 Å². The van der Waals surface area contributed by atoms with Crippen LogP contribution in [0.5, 0.6) is 5.75 Å². The van der Waals surface area contributed by atoms with Crippen LogP contribution in [-0.4, -0.2) is 42.1 Å². The molecule has 0 spiro atoms. The van der Waals surface area contributed by atoms with E-state index in [0.29, 0.717) is 11.3 Å². The SMILES string of the molecule is COc1ccc(C(NC(=O)OCC2c3ccccc3-c3ccccc32)C(O)C(=O)O)cc1. The molecule has 0 fully saturated rings. The molecule has 0 bridgehead atoms. The number of hydrogen-bond donors (Lipinski definition) is 3. The van der Waals surface area contributed by atoms with Crippen LogP contribution in [-0.2, 0) is 9.53 Å². The largest absolute Gasteiger partial charge is 0.497 e. The quantitative estimate of drug-likeness (QED) is 0.525. The van der Waals surface area contributed by atoms with E-state index in [1.165, 1.54) is 7.11 Å². The second kappa shape index (κ2) is 9.11. The number of fused-ring (bicyclic) bond motifs is 3. The molecule has 1 amide bonds. The van der Waals surface area contributed by atoms with Crippen molar-refractivity contribution in [1.82, 2.24) is 5.32 Å². The van der Waals surface area contributed by atoms with Crippen LogP contribution in [0.4, 0.5) is 4.79 Å². The Kier molecular flexibility index (Phi) is 6.09. The Morgan fingerprint density at radius 3 is 2.03 bits per heavy atom. The molecule has 4 rings (SSSR count). The van der Waals surface area contributed by atoms with Crippen LogP contribution in [0.25, 0.3) is 11.1 Å². The molecular formula is C25H23NO6. The summed E-state index contributed by atoms with van der Waals surface area (Å²) in [6, 6.07) is 21.2. The number of aliphatic hydroxyl groups excluding tert-OH is 1. The van der Waals surface area contributed by atoms with Gasteiger partial charge in [0, 0.05) is 5.92 Å². The Labute approximate surface area is 185 Å². The highest BCUT2D eigenvalue weighted by Crippen LogP contribution is 2.44. The summed E-state index contributed by atoms with van der Waals surface area (Å²) in [4.78, 5) is 24.0. The zero-order chi connectivity index (χ0) is 22.7. The van der Waals surface area contributed by atoms with Crippen molar-refractivity contribution in [3.8, 4) is 16.9 Å². The lowest BCUT2D eigenvalue weighted by molar-refractivity contribution is -0.148. The van der Waals surface area contributed by atoms with E-state index < -0.39 is 24.2 Å². The number of nitrogens with one attached hydrogen (secondary N) is 1. The molecule has 0 aliphatic heterocycles. The zero-order valence-electron chi connectivity index (χ0n) is 17.4. The van der Waals surface area contributed by atoms with E-state index in [4.69, 9.17) is 9.47 Å². The Morgan fingerprint density at radius 2 is 1.50 bits per heavy atom. The van der Waals surface area contributed by atoms with Crippen LogP contribution in [0.1, 0.15) is 28.7 Å². The van der Waals surface area contributed by atoms with E-state index in [9.17, 15) is 19.8 Å². The monoisotopic (exact) mass is 433 g/mol. The first kappa shape index (κ1) is 21.4. The van der Waals surface area contributed by atoms with E-state index in [1.807, 2.05) is 48.5 Å². The number of carboxylic acids is 1. The molecule has 0 aromatic heterocycles. The lowest BCUT2D eigenvalue weighted by atomic mass is 9.98. The maximum Gasteiger partial charge on any atom is 0.407 e. The molecule has 2 unspecified atom stereocenters. The summed E-state index contributed by atoms with van der Waals surface area (Å²) in [5.74, 6) is -1.01. The third-order valence-electron chi connectivity index (χ3n) is 5.66. The minimum atomic E-state index is -1.84. The average molecular weight is 433 g/mol. The highest BCUT2D eigenvalue weighted by molar-refractivity contribution is 5.79. The number of aliphatic hydroxyl groups is 1. The Bertz CT molecular complexity index is 1080. The van der Waals surface area contributed by atoms with E-state index >= 15 is 0 Å². The molecular weight excluding hydrogens is 410 g/mol.